The predicted molar refractivity (Wildman–Crippen MR) is 298 cm³/mol. The minimum absolute atomic E-state index is 0. The zero-order valence-electron chi connectivity index (χ0n) is 42.7. The summed E-state index contributed by atoms with van der Waals surface area (Å²) in [4.78, 5) is 9.55. The third kappa shape index (κ3) is 8.50. The third-order valence-electron chi connectivity index (χ3n) is 14.3. The summed E-state index contributed by atoms with van der Waals surface area (Å²) in [5.74, 6) is 1.92. The molecule has 0 bridgehead atoms. The Balaban J connectivity index is 0.00000574. The molecule has 0 saturated heterocycles. The van der Waals surface area contributed by atoms with Gasteiger partial charge in [-0.25, -0.2) is 4.98 Å². The van der Waals surface area contributed by atoms with Crippen molar-refractivity contribution >= 4 is 66.5 Å². The van der Waals surface area contributed by atoms with Gasteiger partial charge in [-0.05, 0) is 85.2 Å². The molecule has 12 rings (SSSR count). The van der Waals surface area contributed by atoms with E-state index in [1.165, 1.54) is 16.7 Å². The maximum atomic E-state index is 6.78. The molecule has 6 nitrogen and oxygen atoms in total. The van der Waals surface area contributed by atoms with E-state index >= 15 is 0 Å². The largest absolute Gasteiger partial charge is 0.509 e. The molecule has 0 amide bonds. The minimum Gasteiger partial charge on any atom is -0.509 e. The molecule has 1 aliphatic heterocycles. The van der Waals surface area contributed by atoms with E-state index in [9.17, 15) is 0 Å². The summed E-state index contributed by atoms with van der Waals surface area (Å²) in [5.41, 5.74) is 15.8. The van der Waals surface area contributed by atoms with Crippen molar-refractivity contribution in [2.45, 2.75) is 78.6 Å². The van der Waals surface area contributed by atoms with Crippen LogP contribution in [0.1, 0.15) is 79.0 Å². The first-order valence-electron chi connectivity index (χ1n) is 24.9. The second-order valence-electron chi connectivity index (χ2n) is 22.2. The van der Waals surface area contributed by atoms with E-state index in [1.54, 1.807) is 0 Å². The van der Waals surface area contributed by atoms with Crippen molar-refractivity contribution in [3.63, 3.8) is 0 Å². The van der Waals surface area contributed by atoms with Crippen LogP contribution in [0.2, 0.25) is 0 Å². The maximum absolute atomic E-state index is 6.78. The van der Waals surface area contributed by atoms with Gasteiger partial charge in [-0.15, -0.1) is 42.7 Å². The molecule has 4 heterocycles. The summed E-state index contributed by atoms with van der Waals surface area (Å²) < 4.78 is 15.7. The smallest absolute Gasteiger partial charge is 0.136 e. The first kappa shape index (κ1) is 47.9. The van der Waals surface area contributed by atoms with Crippen LogP contribution in [0.4, 0.5) is 22.7 Å². The second-order valence-corrected chi connectivity index (χ2v) is 22.2. The molecule has 0 N–H and O–H groups in total. The molecule has 0 spiro atoms. The molecule has 0 aliphatic carbocycles. The van der Waals surface area contributed by atoms with Crippen LogP contribution < -0.4 is 14.5 Å². The molecule has 8 aromatic carbocycles. The number of hydrogen-bond acceptors (Lipinski definition) is 5. The van der Waals surface area contributed by atoms with Crippen LogP contribution in [0.5, 0.6) is 11.5 Å². The average Bonchev–Trinajstić information content (AvgIpc) is 4.05. The van der Waals surface area contributed by atoms with E-state index < -0.39 is 0 Å². The van der Waals surface area contributed by atoms with Crippen LogP contribution in [-0.2, 0) is 37.3 Å². The van der Waals surface area contributed by atoms with Crippen LogP contribution in [0.15, 0.2) is 180 Å². The molecule has 0 fully saturated rings. The summed E-state index contributed by atoms with van der Waals surface area (Å²) in [7, 11) is 0. The SMILES string of the molecule is CC(C)(C)c1ccc(-c2cccc(-c3ccc(C(C)(C)C)cc3)c2N2[CH-]N(c3[c-]c(Oc4[c-]c5c(cc4)c4oc6ccc7ccccc7c6c4n5-c4cc(C(C)(C)C)ccn4)ccc3)c3ccccc32)cc1.[Pt]. The number of fused-ring (bicyclic) bond motifs is 8. The summed E-state index contributed by atoms with van der Waals surface area (Å²) in [6.07, 6.45) is 1.90. The first-order valence-corrected chi connectivity index (χ1v) is 24.9. The maximum Gasteiger partial charge on any atom is 0.136 e. The fraction of sp³-hybridized carbons (Fsp3) is 0.182. The van der Waals surface area contributed by atoms with Crippen LogP contribution >= 0.6 is 0 Å². The molecule has 7 heteroatoms. The molecule has 11 aromatic rings. The van der Waals surface area contributed by atoms with Gasteiger partial charge in [0.1, 0.15) is 17.0 Å². The standard InChI is InChI=1S/C66H57N4O2.Pt/c1-64(2,3)45-29-24-43(25-30-45)52-20-15-21-53(44-26-31-46(32-27-44)65(4,5)6)61(52)69-41-68(55-22-12-13-23-56(55)69)48-17-14-18-49(39-48)71-50-33-34-54-57(40-50)70(59-38-47(36-37-67-59)66(7,8)9)62-60-51-19-11-10-16-42(51)28-35-58(60)72-63(54)62;/h10-38,41H,1-9H3;/q-3;. The zero-order valence-corrected chi connectivity index (χ0v) is 45.0. The monoisotopic (exact) mass is 1130 g/mol. The van der Waals surface area contributed by atoms with Gasteiger partial charge in [-0.1, -0.05) is 182 Å². The number of pyridine rings is 1. The van der Waals surface area contributed by atoms with Crippen LogP contribution in [0.25, 0.3) is 71.8 Å². The van der Waals surface area contributed by atoms with Gasteiger partial charge in [-0.2, -0.15) is 12.1 Å². The van der Waals surface area contributed by atoms with Gasteiger partial charge in [0.15, 0.2) is 0 Å². The number of nitrogens with zero attached hydrogens (tertiary/aromatic N) is 4. The molecule has 0 unspecified atom stereocenters. The Morgan fingerprint density at radius 1 is 0.534 bits per heavy atom. The molecule has 73 heavy (non-hydrogen) atoms. The van der Waals surface area contributed by atoms with Crippen molar-refractivity contribution in [2.24, 2.45) is 0 Å². The van der Waals surface area contributed by atoms with Gasteiger partial charge < -0.3 is 23.5 Å². The zero-order chi connectivity index (χ0) is 49.7. The Bertz CT molecular complexity index is 3810. The Labute approximate surface area is 443 Å². The second kappa shape index (κ2) is 18.0. The fourth-order valence-electron chi connectivity index (χ4n) is 10.3. The Morgan fingerprint density at radius 2 is 1.14 bits per heavy atom. The molecule has 3 aromatic heterocycles. The summed E-state index contributed by atoms with van der Waals surface area (Å²) in [6.45, 7) is 22.5. The average molecular weight is 1130 g/mol. The van der Waals surface area contributed by atoms with Gasteiger partial charge in [0, 0.05) is 67.0 Å². The van der Waals surface area contributed by atoms with Crippen molar-refractivity contribution in [3.8, 4) is 39.6 Å². The van der Waals surface area contributed by atoms with E-state index in [0.29, 0.717) is 11.5 Å². The topological polar surface area (TPSA) is 46.7 Å². The van der Waals surface area contributed by atoms with Crippen molar-refractivity contribution in [1.29, 1.82) is 0 Å². The van der Waals surface area contributed by atoms with Gasteiger partial charge in [0.2, 0.25) is 0 Å². The number of para-hydroxylation sites is 3. The molecule has 366 valence electrons. The quantitative estimate of drug-likeness (QED) is 0.149. The van der Waals surface area contributed by atoms with Crippen LogP contribution in [-0.4, -0.2) is 9.55 Å². The van der Waals surface area contributed by atoms with Crippen molar-refractivity contribution in [1.82, 2.24) is 9.55 Å². The Morgan fingerprint density at radius 3 is 1.79 bits per heavy atom. The first-order chi connectivity index (χ1) is 34.6. The Kier molecular flexibility index (Phi) is 11.8. The molecule has 0 radical (unpaired) electrons. The van der Waals surface area contributed by atoms with Crippen molar-refractivity contribution in [2.75, 3.05) is 9.80 Å². The number of benzene rings is 8. The Hall–Kier alpha value is -7.40. The molecule has 0 atom stereocenters. The van der Waals surface area contributed by atoms with Gasteiger partial charge in [0.05, 0.1) is 10.9 Å². The van der Waals surface area contributed by atoms with Crippen molar-refractivity contribution in [3.05, 3.63) is 212 Å². The molecular formula is C66H57N4O2Pt-3. The third-order valence-corrected chi connectivity index (χ3v) is 14.3. The molecular weight excluding hydrogens is 1080 g/mol. The van der Waals surface area contributed by atoms with E-state index in [2.05, 4.69) is 247 Å². The number of anilines is 4. The van der Waals surface area contributed by atoms with E-state index in [1.807, 2.05) is 24.4 Å². The summed E-state index contributed by atoms with van der Waals surface area (Å²) in [5, 5.41) is 4.24. The molecule has 1 aliphatic rings. The molecule has 0 saturated carbocycles. The van der Waals surface area contributed by atoms with Gasteiger partial charge in [0.25, 0.3) is 0 Å². The predicted octanol–water partition coefficient (Wildman–Crippen LogP) is 18.1. The number of furan rings is 1. The van der Waals surface area contributed by atoms with E-state index in [4.69, 9.17) is 14.1 Å². The summed E-state index contributed by atoms with van der Waals surface area (Å²) >= 11 is 0. The normalized spacial score (nSPS) is 13.1. The van der Waals surface area contributed by atoms with Crippen LogP contribution in [0, 0.1) is 18.8 Å². The number of aromatic nitrogens is 2. The fourth-order valence-corrected chi connectivity index (χ4v) is 10.3. The van der Waals surface area contributed by atoms with Crippen molar-refractivity contribution < 1.29 is 30.2 Å². The number of hydrogen-bond donors (Lipinski definition) is 0. The number of rotatable bonds is 7. The van der Waals surface area contributed by atoms with Gasteiger partial charge >= 0.3 is 0 Å². The van der Waals surface area contributed by atoms with Crippen LogP contribution in [0.3, 0.4) is 0 Å². The number of ether oxygens (including phenoxy) is 1. The minimum atomic E-state index is -0.0868. The van der Waals surface area contributed by atoms with Gasteiger partial charge in [-0.3, -0.25) is 0 Å². The van der Waals surface area contributed by atoms with E-state index in [-0.39, 0.29) is 37.3 Å². The summed E-state index contributed by atoms with van der Waals surface area (Å²) in [6, 6.07) is 67.8. The van der Waals surface area contributed by atoms with E-state index in [0.717, 1.165) is 94.6 Å².